The topological polar surface area (TPSA) is 109 Å². The first-order valence-corrected chi connectivity index (χ1v) is 7.88. The number of nitrogens with two attached hydrogens (primary N) is 2. The van der Waals surface area contributed by atoms with Gasteiger partial charge in [-0.05, 0) is 35.7 Å². The van der Waals surface area contributed by atoms with Crippen molar-refractivity contribution in [3.63, 3.8) is 0 Å². The van der Waals surface area contributed by atoms with Crippen molar-refractivity contribution in [1.82, 2.24) is 4.98 Å². The highest BCUT2D eigenvalue weighted by Gasteiger charge is 2.16. The molecule has 2 aromatic carbocycles. The van der Waals surface area contributed by atoms with E-state index < -0.39 is 0 Å². The van der Waals surface area contributed by atoms with Crippen LogP contribution in [0.25, 0.3) is 11.3 Å². The quantitative estimate of drug-likeness (QED) is 0.666. The molecule has 1 aromatic heterocycles. The minimum absolute atomic E-state index is 0. The van der Waals surface area contributed by atoms with Crippen LogP contribution in [0.4, 0.5) is 5.82 Å². The zero-order valence-electron chi connectivity index (χ0n) is 13.6. The van der Waals surface area contributed by atoms with Crippen LogP contribution in [0.1, 0.15) is 30.2 Å². The summed E-state index contributed by atoms with van der Waals surface area (Å²) in [5, 5.41) is 19.5. The summed E-state index contributed by atoms with van der Waals surface area (Å²) in [5.74, 6) is 0.246. The van der Waals surface area contributed by atoms with Crippen molar-refractivity contribution >= 4 is 5.82 Å². The molecule has 5 nitrogen and oxygen atoms in total. The van der Waals surface area contributed by atoms with Crippen molar-refractivity contribution in [2.75, 3.05) is 5.73 Å². The maximum atomic E-state index is 10.1. The van der Waals surface area contributed by atoms with Crippen LogP contribution in [0.15, 0.2) is 60.7 Å². The van der Waals surface area contributed by atoms with E-state index in [0.29, 0.717) is 28.8 Å². The SMILES string of the molecule is C.N#Cc1c(CC(N)c2ccccc2)cc(-c2ccccc2O)nc1N. The van der Waals surface area contributed by atoms with E-state index >= 15 is 0 Å². The lowest BCUT2D eigenvalue weighted by atomic mass is 9.95. The maximum Gasteiger partial charge on any atom is 0.142 e. The fraction of sp³-hybridized carbons (Fsp3) is 0.143. The van der Waals surface area contributed by atoms with E-state index in [1.165, 1.54) is 0 Å². The predicted molar refractivity (Wildman–Crippen MR) is 104 cm³/mol. The Morgan fingerprint density at radius 2 is 1.73 bits per heavy atom. The predicted octanol–water partition coefficient (Wildman–Crippen LogP) is 3.79. The van der Waals surface area contributed by atoms with Crippen molar-refractivity contribution in [3.8, 4) is 23.1 Å². The summed E-state index contributed by atoms with van der Waals surface area (Å²) in [6, 6.07) is 20.2. The van der Waals surface area contributed by atoms with Crippen LogP contribution in [-0.2, 0) is 6.42 Å². The molecule has 0 radical (unpaired) electrons. The normalized spacial score (nSPS) is 11.2. The molecule has 0 aliphatic heterocycles. The second kappa shape index (κ2) is 8.15. The number of pyridine rings is 1. The number of hydrogen-bond acceptors (Lipinski definition) is 5. The van der Waals surface area contributed by atoms with Gasteiger partial charge in [-0.1, -0.05) is 49.9 Å². The van der Waals surface area contributed by atoms with Crippen molar-refractivity contribution in [3.05, 3.63) is 77.4 Å². The first-order valence-electron chi connectivity index (χ1n) is 7.88. The summed E-state index contributed by atoms with van der Waals surface area (Å²) >= 11 is 0. The van der Waals surface area contributed by atoms with Crippen molar-refractivity contribution in [2.45, 2.75) is 19.9 Å². The van der Waals surface area contributed by atoms with E-state index in [-0.39, 0.29) is 25.0 Å². The Labute approximate surface area is 153 Å². The molecule has 3 aromatic rings. The first kappa shape index (κ1) is 19.0. The molecule has 1 heterocycles. The molecule has 1 atom stereocenters. The van der Waals surface area contributed by atoms with E-state index in [1.54, 1.807) is 30.3 Å². The lowest BCUT2D eigenvalue weighted by molar-refractivity contribution is 0.477. The van der Waals surface area contributed by atoms with E-state index in [0.717, 1.165) is 5.56 Å². The molecule has 5 heteroatoms. The second-order valence-electron chi connectivity index (χ2n) is 5.78. The van der Waals surface area contributed by atoms with E-state index in [4.69, 9.17) is 11.5 Å². The number of hydrogen-bond donors (Lipinski definition) is 3. The first-order chi connectivity index (χ1) is 12.1. The molecular weight excluding hydrogens is 324 g/mol. The zero-order valence-corrected chi connectivity index (χ0v) is 13.6. The molecule has 5 N–H and O–H groups in total. The van der Waals surface area contributed by atoms with Gasteiger partial charge in [0, 0.05) is 11.6 Å². The van der Waals surface area contributed by atoms with Crippen LogP contribution in [0.5, 0.6) is 5.75 Å². The highest BCUT2D eigenvalue weighted by atomic mass is 16.3. The molecule has 0 amide bonds. The van der Waals surface area contributed by atoms with Crippen LogP contribution < -0.4 is 11.5 Å². The Bertz CT molecular complexity index is 932. The van der Waals surface area contributed by atoms with Crippen LogP contribution in [0, 0.1) is 11.3 Å². The lowest BCUT2D eigenvalue weighted by Gasteiger charge is -2.15. The minimum atomic E-state index is -0.271. The highest BCUT2D eigenvalue weighted by molar-refractivity contribution is 5.71. The largest absolute Gasteiger partial charge is 0.507 e. The average molecular weight is 346 g/mol. The Morgan fingerprint density at radius 1 is 1.08 bits per heavy atom. The van der Waals surface area contributed by atoms with E-state index in [9.17, 15) is 10.4 Å². The summed E-state index contributed by atoms with van der Waals surface area (Å²) < 4.78 is 0. The minimum Gasteiger partial charge on any atom is -0.507 e. The fourth-order valence-corrected chi connectivity index (χ4v) is 2.79. The number of rotatable bonds is 4. The molecule has 3 rings (SSSR count). The molecule has 26 heavy (non-hydrogen) atoms. The summed E-state index contributed by atoms with van der Waals surface area (Å²) in [6.07, 6.45) is 0.445. The Balaban J connectivity index is 0.00000243. The summed E-state index contributed by atoms with van der Waals surface area (Å²) in [5.41, 5.74) is 15.4. The molecule has 0 fully saturated rings. The molecule has 0 bridgehead atoms. The van der Waals surface area contributed by atoms with Crippen molar-refractivity contribution in [1.29, 1.82) is 5.26 Å². The lowest BCUT2D eigenvalue weighted by Crippen LogP contribution is -2.15. The van der Waals surface area contributed by atoms with Crippen LogP contribution in [0.3, 0.4) is 0 Å². The van der Waals surface area contributed by atoms with Gasteiger partial charge in [-0.25, -0.2) is 4.98 Å². The van der Waals surface area contributed by atoms with E-state index in [2.05, 4.69) is 11.1 Å². The molecule has 1 unspecified atom stereocenters. The van der Waals surface area contributed by atoms with Gasteiger partial charge < -0.3 is 16.6 Å². The van der Waals surface area contributed by atoms with Gasteiger partial charge in [0.05, 0.1) is 11.3 Å². The smallest absolute Gasteiger partial charge is 0.142 e. The van der Waals surface area contributed by atoms with Crippen molar-refractivity contribution < 1.29 is 5.11 Å². The third kappa shape index (κ3) is 3.82. The van der Waals surface area contributed by atoms with Gasteiger partial charge in [0.2, 0.25) is 0 Å². The third-order valence-corrected chi connectivity index (χ3v) is 4.09. The van der Waals surface area contributed by atoms with Gasteiger partial charge in [-0.2, -0.15) is 5.26 Å². The van der Waals surface area contributed by atoms with Crippen molar-refractivity contribution in [2.24, 2.45) is 5.73 Å². The van der Waals surface area contributed by atoms with E-state index in [1.807, 2.05) is 30.3 Å². The number of nitrogens with zero attached hydrogens (tertiary/aromatic N) is 2. The van der Waals surface area contributed by atoms with Gasteiger partial charge in [0.25, 0.3) is 0 Å². The standard InChI is InChI=1S/C20H18N4O.CH4/c21-12-16-14(10-17(22)13-6-2-1-3-7-13)11-18(24-20(16)23)15-8-4-5-9-19(15)25;/h1-9,11,17,25H,10,22H2,(H2,23,24);1H4. The number of benzene rings is 2. The number of aromatic nitrogens is 1. The molecule has 0 saturated carbocycles. The number of aromatic hydroxyl groups is 1. The van der Waals surface area contributed by atoms with Gasteiger partial charge in [-0.15, -0.1) is 0 Å². The number of anilines is 1. The third-order valence-electron chi connectivity index (χ3n) is 4.09. The molecule has 0 aliphatic rings. The summed E-state index contributed by atoms with van der Waals surface area (Å²) in [6.45, 7) is 0. The maximum absolute atomic E-state index is 10.1. The average Bonchev–Trinajstić information content (AvgIpc) is 2.62. The van der Waals surface area contributed by atoms with Crippen LogP contribution in [-0.4, -0.2) is 10.1 Å². The second-order valence-corrected chi connectivity index (χ2v) is 5.78. The molecule has 132 valence electrons. The summed E-state index contributed by atoms with van der Waals surface area (Å²) in [7, 11) is 0. The number of phenolic OH excluding ortho intramolecular Hbond substituents is 1. The van der Waals surface area contributed by atoms with Gasteiger partial charge in [0.1, 0.15) is 17.6 Å². The number of para-hydroxylation sites is 1. The van der Waals surface area contributed by atoms with Gasteiger partial charge in [-0.3, -0.25) is 0 Å². The van der Waals surface area contributed by atoms with Gasteiger partial charge in [0.15, 0.2) is 0 Å². The number of nitrogen functional groups attached to an aromatic ring is 1. The number of nitriles is 1. The van der Waals surface area contributed by atoms with Gasteiger partial charge >= 0.3 is 0 Å². The van der Waals surface area contributed by atoms with Crippen LogP contribution >= 0.6 is 0 Å². The summed E-state index contributed by atoms with van der Waals surface area (Å²) in [4.78, 5) is 4.27. The van der Waals surface area contributed by atoms with Crippen LogP contribution in [0.2, 0.25) is 0 Å². The number of phenols is 1. The molecule has 0 saturated heterocycles. The fourth-order valence-electron chi connectivity index (χ4n) is 2.79. The highest BCUT2D eigenvalue weighted by Crippen LogP contribution is 2.31. The Kier molecular flexibility index (Phi) is 5.94. The molecule has 0 spiro atoms. The molecular formula is C21H22N4O. The Morgan fingerprint density at radius 3 is 2.38 bits per heavy atom. The Hall–Kier alpha value is -3.36. The monoisotopic (exact) mass is 346 g/mol. The molecule has 0 aliphatic carbocycles. The zero-order chi connectivity index (χ0) is 17.8.